The molecule has 0 unspecified atom stereocenters. The van der Waals surface area contributed by atoms with Crippen LogP contribution in [-0.4, -0.2) is 23.1 Å². The van der Waals surface area contributed by atoms with E-state index < -0.39 is 0 Å². The Morgan fingerprint density at radius 2 is 1.96 bits per heavy atom. The molecule has 4 heteroatoms. The van der Waals surface area contributed by atoms with Gasteiger partial charge in [-0.15, -0.1) is 0 Å². The summed E-state index contributed by atoms with van der Waals surface area (Å²) in [4.78, 5) is 15.5. The predicted octanol–water partition coefficient (Wildman–Crippen LogP) is 4.71. The number of fused-ring (bicyclic) bond motifs is 1. The molecule has 0 saturated carbocycles. The van der Waals surface area contributed by atoms with Crippen LogP contribution < -0.4 is 5.43 Å². The zero-order valence-electron chi connectivity index (χ0n) is 15.9. The highest BCUT2D eigenvalue weighted by Gasteiger charge is 2.22. The van der Waals surface area contributed by atoms with Gasteiger partial charge in [-0.2, -0.15) is 0 Å². The minimum absolute atomic E-state index is 0.0480. The van der Waals surface area contributed by atoms with Crippen LogP contribution in [-0.2, 0) is 6.54 Å². The van der Waals surface area contributed by atoms with Gasteiger partial charge in [0, 0.05) is 13.1 Å². The summed E-state index contributed by atoms with van der Waals surface area (Å²) in [5.41, 5.74) is 2.61. The lowest BCUT2D eigenvalue weighted by Crippen LogP contribution is -2.33. The molecule has 1 atom stereocenters. The number of aromatic hydroxyl groups is 1. The summed E-state index contributed by atoms with van der Waals surface area (Å²) in [5.74, 6) is 1.42. The number of likely N-dealkylation sites (tertiary alicyclic amines) is 1. The zero-order valence-corrected chi connectivity index (χ0v) is 15.9. The highest BCUT2D eigenvalue weighted by molar-refractivity contribution is 5.86. The fourth-order valence-electron chi connectivity index (χ4n) is 4.16. The molecule has 2 heterocycles. The minimum Gasteiger partial charge on any atom is -0.507 e. The Kier molecular flexibility index (Phi) is 4.75. The van der Waals surface area contributed by atoms with Gasteiger partial charge in [-0.1, -0.05) is 37.3 Å². The second-order valence-corrected chi connectivity index (χ2v) is 7.65. The summed E-state index contributed by atoms with van der Waals surface area (Å²) < 4.78 is 6.12. The van der Waals surface area contributed by atoms with Gasteiger partial charge in [0.15, 0.2) is 0 Å². The second kappa shape index (κ2) is 7.20. The zero-order chi connectivity index (χ0) is 19.0. The van der Waals surface area contributed by atoms with E-state index in [0.717, 1.165) is 25.1 Å². The van der Waals surface area contributed by atoms with Gasteiger partial charge in [0.05, 0.1) is 16.5 Å². The van der Waals surface area contributed by atoms with Gasteiger partial charge in [-0.05, 0) is 49.9 Å². The number of hydrogen-bond acceptors (Lipinski definition) is 4. The third kappa shape index (κ3) is 3.37. The maximum Gasteiger partial charge on any atom is 0.200 e. The molecule has 0 amide bonds. The molecular weight excluding hydrogens is 338 g/mol. The van der Waals surface area contributed by atoms with Gasteiger partial charge in [0.1, 0.15) is 17.1 Å². The van der Waals surface area contributed by atoms with Gasteiger partial charge >= 0.3 is 0 Å². The average Bonchev–Trinajstić information content (AvgIpc) is 2.65. The first kappa shape index (κ1) is 17.8. The van der Waals surface area contributed by atoms with Crippen LogP contribution in [0.3, 0.4) is 0 Å². The van der Waals surface area contributed by atoms with Crippen LogP contribution >= 0.6 is 0 Å². The molecule has 140 valence electrons. The van der Waals surface area contributed by atoms with Crippen molar-refractivity contribution in [3.8, 4) is 16.9 Å². The van der Waals surface area contributed by atoms with Crippen LogP contribution in [0.1, 0.15) is 31.1 Å². The number of aryl methyl sites for hydroxylation is 1. The lowest BCUT2D eigenvalue weighted by molar-refractivity contribution is 0.175. The smallest absolute Gasteiger partial charge is 0.200 e. The lowest BCUT2D eigenvalue weighted by Gasteiger charge is -2.31. The normalized spacial score (nSPS) is 18.1. The first-order valence-corrected chi connectivity index (χ1v) is 9.60. The molecule has 1 aliphatic rings. The molecule has 0 aliphatic carbocycles. The molecule has 1 fully saturated rings. The van der Waals surface area contributed by atoms with Crippen LogP contribution in [0.15, 0.2) is 51.7 Å². The third-order valence-electron chi connectivity index (χ3n) is 5.50. The Morgan fingerprint density at radius 3 is 2.70 bits per heavy atom. The van der Waals surface area contributed by atoms with E-state index in [1.54, 1.807) is 12.1 Å². The van der Waals surface area contributed by atoms with E-state index in [1.165, 1.54) is 6.42 Å². The van der Waals surface area contributed by atoms with Crippen LogP contribution in [0.2, 0.25) is 0 Å². The number of hydrogen-bond donors (Lipinski definition) is 1. The van der Waals surface area contributed by atoms with Crippen LogP contribution in [0, 0.1) is 12.8 Å². The van der Waals surface area contributed by atoms with E-state index in [9.17, 15) is 9.90 Å². The van der Waals surface area contributed by atoms with Crippen molar-refractivity contribution in [1.29, 1.82) is 0 Å². The van der Waals surface area contributed by atoms with Crippen molar-refractivity contribution >= 4 is 11.0 Å². The van der Waals surface area contributed by atoms with Crippen molar-refractivity contribution in [3.05, 3.63) is 64.0 Å². The molecule has 0 radical (unpaired) electrons. The number of phenolic OH excluding ortho intramolecular Hbond substituents is 1. The SMILES string of the molecule is Cc1oc2c(CN3CCC[C@@H](C)C3)c(O)ccc2c(=O)c1-c1ccccc1. The molecule has 1 aromatic heterocycles. The number of piperidine rings is 1. The third-order valence-corrected chi connectivity index (χ3v) is 5.50. The van der Waals surface area contributed by atoms with Crippen molar-refractivity contribution in [1.82, 2.24) is 4.90 Å². The summed E-state index contributed by atoms with van der Waals surface area (Å²) in [6, 6.07) is 12.9. The topological polar surface area (TPSA) is 53.7 Å². The van der Waals surface area contributed by atoms with Crippen LogP contribution in [0.4, 0.5) is 0 Å². The van der Waals surface area contributed by atoms with Crippen molar-refractivity contribution in [2.24, 2.45) is 5.92 Å². The van der Waals surface area contributed by atoms with E-state index in [4.69, 9.17) is 4.42 Å². The van der Waals surface area contributed by atoms with E-state index in [1.807, 2.05) is 37.3 Å². The van der Waals surface area contributed by atoms with Gasteiger partial charge in [0.25, 0.3) is 0 Å². The van der Waals surface area contributed by atoms with Crippen molar-refractivity contribution < 1.29 is 9.52 Å². The van der Waals surface area contributed by atoms with Gasteiger partial charge in [-0.25, -0.2) is 0 Å². The number of phenols is 1. The fourth-order valence-corrected chi connectivity index (χ4v) is 4.16. The molecule has 3 aromatic rings. The number of rotatable bonds is 3. The van der Waals surface area contributed by atoms with Gasteiger partial charge < -0.3 is 9.52 Å². The summed E-state index contributed by atoms with van der Waals surface area (Å²) >= 11 is 0. The summed E-state index contributed by atoms with van der Waals surface area (Å²) in [6.07, 6.45) is 2.40. The fraction of sp³-hybridized carbons (Fsp3) is 0.348. The van der Waals surface area contributed by atoms with E-state index >= 15 is 0 Å². The quantitative estimate of drug-likeness (QED) is 0.732. The molecule has 27 heavy (non-hydrogen) atoms. The number of nitrogens with zero attached hydrogens (tertiary/aromatic N) is 1. The minimum atomic E-state index is -0.0480. The predicted molar refractivity (Wildman–Crippen MR) is 108 cm³/mol. The molecule has 1 aliphatic heterocycles. The molecule has 1 N–H and O–H groups in total. The second-order valence-electron chi connectivity index (χ2n) is 7.65. The summed E-state index contributed by atoms with van der Waals surface area (Å²) in [6.45, 7) is 6.68. The van der Waals surface area contributed by atoms with E-state index in [2.05, 4.69) is 11.8 Å². The maximum absolute atomic E-state index is 13.2. The van der Waals surface area contributed by atoms with Crippen molar-refractivity contribution in [2.75, 3.05) is 13.1 Å². The van der Waals surface area contributed by atoms with Crippen LogP contribution in [0.25, 0.3) is 22.1 Å². The average molecular weight is 363 g/mol. The molecule has 0 spiro atoms. The van der Waals surface area contributed by atoms with Crippen molar-refractivity contribution in [3.63, 3.8) is 0 Å². The summed E-state index contributed by atoms with van der Waals surface area (Å²) in [7, 11) is 0. The highest BCUT2D eigenvalue weighted by atomic mass is 16.3. The molecule has 4 rings (SSSR count). The molecular formula is C23H25NO3. The molecule has 4 nitrogen and oxygen atoms in total. The van der Waals surface area contributed by atoms with E-state index in [0.29, 0.717) is 40.3 Å². The monoisotopic (exact) mass is 363 g/mol. The molecule has 2 aromatic carbocycles. The Hall–Kier alpha value is -2.59. The Morgan fingerprint density at radius 1 is 1.19 bits per heavy atom. The number of benzene rings is 2. The molecule has 1 saturated heterocycles. The van der Waals surface area contributed by atoms with E-state index in [-0.39, 0.29) is 11.2 Å². The Bertz CT molecular complexity index is 1020. The first-order chi connectivity index (χ1) is 13.0. The van der Waals surface area contributed by atoms with Crippen LogP contribution in [0.5, 0.6) is 5.75 Å². The standard InChI is InChI=1S/C23H25NO3/c1-15-7-6-12-24(13-15)14-19-20(25)11-10-18-22(26)21(16(2)27-23(18)19)17-8-4-3-5-9-17/h3-5,8-11,15,25H,6-7,12-14H2,1-2H3/t15-/m1/s1. The van der Waals surface area contributed by atoms with Gasteiger partial charge in [0.2, 0.25) is 5.43 Å². The Balaban J connectivity index is 1.84. The highest BCUT2D eigenvalue weighted by Crippen LogP contribution is 2.32. The first-order valence-electron chi connectivity index (χ1n) is 9.60. The Labute approximate surface area is 159 Å². The largest absolute Gasteiger partial charge is 0.507 e. The van der Waals surface area contributed by atoms with Crippen molar-refractivity contribution in [2.45, 2.75) is 33.2 Å². The lowest BCUT2D eigenvalue weighted by atomic mass is 9.98. The maximum atomic E-state index is 13.2. The van der Waals surface area contributed by atoms with Gasteiger partial charge in [-0.3, -0.25) is 9.69 Å². The molecule has 0 bridgehead atoms. The summed E-state index contributed by atoms with van der Waals surface area (Å²) in [5, 5.41) is 11.0.